The predicted molar refractivity (Wildman–Crippen MR) is 56.5 cm³/mol. The Balaban J connectivity index is 0.000000280. The summed E-state index contributed by atoms with van der Waals surface area (Å²) in [6.45, 7) is 4.04. The van der Waals surface area contributed by atoms with Crippen molar-refractivity contribution >= 4 is 12.0 Å². The Kier molecular flexibility index (Phi) is 7.50. The van der Waals surface area contributed by atoms with Crippen molar-refractivity contribution in [1.29, 1.82) is 0 Å². The van der Waals surface area contributed by atoms with Gasteiger partial charge >= 0.3 is 5.97 Å². The summed E-state index contributed by atoms with van der Waals surface area (Å²) >= 11 is 0. The number of carbonyl (C=O) groups is 1. The SMILES string of the molecule is CCC(C)NCC(=O)O.O=C=NC1CC1. The molecule has 1 fully saturated rings. The van der Waals surface area contributed by atoms with Crippen molar-refractivity contribution < 1.29 is 14.7 Å². The van der Waals surface area contributed by atoms with Crippen molar-refractivity contribution in [2.45, 2.75) is 45.2 Å². The highest BCUT2D eigenvalue weighted by Crippen LogP contribution is 2.22. The van der Waals surface area contributed by atoms with Gasteiger partial charge in [0.05, 0.1) is 12.6 Å². The zero-order valence-electron chi connectivity index (χ0n) is 9.19. The monoisotopic (exact) mass is 214 g/mol. The molecule has 5 nitrogen and oxygen atoms in total. The maximum Gasteiger partial charge on any atom is 0.317 e. The number of carboxylic acids is 1. The van der Waals surface area contributed by atoms with Crippen molar-refractivity contribution in [3.63, 3.8) is 0 Å². The van der Waals surface area contributed by atoms with Crippen LogP contribution in [0.5, 0.6) is 0 Å². The average Bonchev–Trinajstić information content (AvgIpc) is 2.99. The number of aliphatic carboxylic acids is 1. The van der Waals surface area contributed by atoms with E-state index in [4.69, 9.17) is 5.11 Å². The zero-order chi connectivity index (χ0) is 11.7. The second-order valence-corrected chi connectivity index (χ2v) is 3.54. The third kappa shape index (κ3) is 10.7. The molecule has 0 aromatic rings. The van der Waals surface area contributed by atoms with E-state index in [9.17, 15) is 9.59 Å². The minimum absolute atomic E-state index is 0.0645. The van der Waals surface area contributed by atoms with E-state index in [0.717, 1.165) is 19.3 Å². The van der Waals surface area contributed by atoms with Gasteiger partial charge in [0, 0.05) is 6.04 Å². The number of isocyanates is 1. The van der Waals surface area contributed by atoms with Gasteiger partial charge in [0.15, 0.2) is 0 Å². The molecule has 1 aliphatic carbocycles. The fourth-order valence-electron chi connectivity index (χ4n) is 0.684. The maximum atomic E-state index is 9.96. The Morgan fingerprint density at radius 3 is 2.53 bits per heavy atom. The zero-order valence-corrected chi connectivity index (χ0v) is 9.19. The number of carboxylic acid groups (broad SMARTS) is 1. The fraction of sp³-hybridized carbons (Fsp3) is 0.800. The van der Waals surface area contributed by atoms with Crippen LogP contribution in [0.4, 0.5) is 0 Å². The number of rotatable bonds is 5. The van der Waals surface area contributed by atoms with Gasteiger partial charge in [-0.1, -0.05) is 6.92 Å². The van der Waals surface area contributed by atoms with E-state index in [0.29, 0.717) is 12.1 Å². The summed E-state index contributed by atoms with van der Waals surface area (Å²) in [4.78, 5) is 22.8. The normalized spacial score (nSPS) is 15.6. The summed E-state index contributed by atoms with van der Waals surface area (Å²) in [5.41, 5.74) is 0. The molecular weight excluding hydrogens is 196 g/mol. The number of nitrogens with zero attached hydrogens (tertiary/aromatic N) is 1. The first-order valence-electron chi connectivity index (χ1n) is 5.12. The highest BCUT2D eigenvalue weighted by molar-refractivity contribution is 5.69. The maximum absolute atomic E-state index is 9.96. The Bertz CT molecular complexity index is 233. The first-order valence-corrected chi connectivity index (χ1v) is 5.12. The second-order valence-electron chi connectivity index (χ2n) is 3.54. The van der Waals surface area contributed by atoms with E-state index >= 15 is 0 Å². The summed E-state index contributed by atoms with van der Waals surface area (Å²) in [5, 5.41) is 11.0. The van der Waals surface area contributed by atoms with E-state index in [-0.39, 0.29) is 6.54 Å². The number of aliphatic imine (C=N–C) groups is 1. The van der Waals surface area contributed by atoms with Crippen molar-refractivity contribution in [1.82, 2.24) is 5.32 Å². The highest BCUT2D eigenvalue weighted by atomic mass is 16.4. The lowest BCUT2D eigenvalue weighted by Gasteiger charge is -2.07. The molecule has 0 aliphatic heterocycles. The van der Waals surface area contributed by atoms with Gasteiger partial charge in [0.1, 0.15) is 0 Å². The summed E-state index contributed by atoms with van der Waals surface area (Å²) in [6.07, 6.45) is 4.66. The van der Waals surface area contributed by atoms with Crippen LogP contribution in [0.2, 0.25) is 0 Å². The fourth-order valence-corrected chi connectivity index (χ4v) is 0.684. The molecule has 1 atom stereocenters. The molecule has 0 aromatic heterocycles. The Morgan fingerprint density at radius 1 is 1.67 bits per heavy atom. The van der Waals surface area contributed by atoms with Gasteiger partial charge in [0.2, 0.25) is 6.08 Å². The average molecular weight is 214 g/mol. The molecule has 1 rings (SSSR count). The van der Waals surface area contributed by atoms with Gasteiger partial charge < -0.3 is 10.4 Å². The third-order valence-electron chi connectivity index (χ3n) is 2.00. The molecule has 1 unspecified atom stereocenters. The lowest BCUT2D eigenvalue weighted by Crippen LogP contribution is -2.30. The lowest BCUT2D eigenvalue weighted by molar-refractivity contribution is -0.136. The molecule has 2 N–H and O–H groups in total. The van der Waals surface area contributed by atoms with Gasteiger partial charge in [-0.2, -0.15) is 0 Å². The number of carbonyl (C=O) groups excluding carboxylic acids is 1. The number of hydrogen-bond acceptors (Lipinski definition) is 4. The van der Waals surface area contributed by atoms with Gasteiger partial charge in [-0.3, -0.25) is 4.79 Å². The second kappa shape index (κ2) is 8.15. The molecule has 1 aliphatic rings. The molecule has 0 amide bonds. The highest BCUT2D eigenvalue weighted by Gasteiger charge is 2.19. The Hall–Kier alpha value is -1.19. The van der Waals surface area contributed by atoms with Crippen molar-refractivity contribution in [2.24, 2.45) is 4.99 Å². The van der Waals surface area contributed by atoms with Crippen LogP contribution in [-0.4, -0.2) is 35.8 Å². The third-order valence-corrected chi connectivity index (χ3v) is 2.00. The van der Waals surface area contributed by atoms with Crippen LogP contribution in [0.1, 0.15) is 33.1 Å². The molecule has 0 radical (unpaired) electrons. The first kappa shape index (κ1) is 13.8. The molecule has 1 saturated carbocycles. The minimum Gasteiger partial charge on any atom is -0.480 e. The molecule has 86 valence electrons. The smallest absolute Gasteiger partial charge is 0.317 e. The summed E-state index contributed by atoms with van der Waals surface area (Å²) in [6, 6.07) is 0.656. The summed E-state index contributed by atoms with van der Waals surface area (Å²) in [7, 11) is 0. The van der Waals surface area contributed by atoms with E-state index in [2.05, 4.69) is 10.3 Å². The van der Waals surface area contributed by atoms with Crippen molar-refractivity contribution in [3.05, 3.63) is 0 Å². The quantitative estimate of drug-likeness (QED) is 0.527. The molecular formula is C10H18N2O3. The van der Waals surface area contributed by atoms with Crippen LogP contribution in [0.25, 0.3) is 0 Å². The van der Waals surface area contributed by atoms with Crippen LogP contribution < -0.4 is 5.32 Å². The van der Waals surface area contributed by atoms with Gasteiger partial charge in [-0.25, -0.2) is 9.79 Å². The Labute approximate surface area is 89.6 Å². The number of hydrogen-bond donors (Lipinski definition) is 2. The Morgan fingerprint density at radius 2 is 2.27 bits per heavy atom. The molecule has 0 saturated heterocycles. The largest absolute Gasteiger partial charge is 0.480 e. The van der Waals surface area contributed by atoms with E-state index in [1.165, 1.54) is 6.08 Å². The van der Waals surface area contributed by atoms with Gasteiger partial charge in [-0.05, 0) is 26.2 Å². The van der Waals surface area contributed by atoms with E-state index in [1.807, 2.05) is 13.8 Å². The minimum atomic E-state index is -0.796. The van der Waals surface area contributed by atoms with E-state index < -0.39 is 5.97 Å². The first-order chi connectivity index (χ1) is 7.10. The van der Waals surface area contributed by atoms with Gasteiger partial charge in [-0.15, -0.1) is 0 Å². The van der Waals surface area contributed by atoms with Crippen LogP contribution in [0, 0.1) is 0 Å². The summed E-state index contributed by atoms with van der Waals surface area (Å²) in [5.74, 6) is -0.796. The molecule has 0 spiro atoms. The van der Waals surface area contributed by atoms with Crippen LogP contribution >= 0.6 is 0 Å². The molecule has 0 heterocycles. The molecule has 0 aromatic carbocycles. The van der Waals surface area contributed by atoms with Crippen LogP contribution in [-0.2, 0) is 9.59 Å². The summed E-state index contributed by atoms with van der Waals surface area (Å²) < 4.78 is 0. The van der Waals surface area contributed by atoms with E-state index in [1.54, 1.807) is 0 Å². The van der Waals surface area contributed by atoms with Crippen molar-refractivity contribution in [3.8, 4) is 0 Å². The molecule has 0 bridgehead atoms. The lowest BCUT2D eigenvalue weighted by atomic mass is 10.3. The van der Waals surface area contributed by atoms with Crippen LogP contribution in [0.15, 0.2) is 4.99 Å². The predicted octanol–water partition coefficient (Wildman–Crippen LogP) is 0.944. The number of nitrogens with one attached hydrogen (secondary N) is 1. The molecule has 15 heavy (non-hydrogen) atoms. The van der Waals surface area contributed by atoms with Crippen molar-refractivity contribution in [2.75, 3.05) is 6.54 Å². The van der Waals surface area contributed by atoms with Crippen LogP contribution in [0.3, 0.4) is 0 Å². The standard InChI is InChI=1S/C6H13NO2.C4H5NO/c1-3-5(2)7-4-6(8)9;6-3-5-4-1-2-4/h5,7H,3-4H2,1-2H3,(H,8,9);4H,1-2H2. The topological polar surface area (TPSA) is 78.8 Å². The molecule has 5 heteroatoms. The van der Waals surface area contributed by atoms with Gasteiger partial charge in [0.25, 0.3) is 0 Å².